The Bertz CT molecular complexity index is 2030. The van der Waals surface area contributed by atoms with Crippen molar-refractivity contribution in [2.24, 2.45) is 0 Å². The molecule has 1 N–H and O–H groups in total. The summed E-state index contributed by atoms with van der Waals surface area (Å²) in [5.74, 6) is 6.16. The number of rotatable bonds is 15. The molecule has 0 saturated carbocycles. The molecule has 5 rings (SSSR count). The highest BCUT2D eigenvalue weighted by Gasteiger charge is 2.32. The molecule has 0 fully saturated rings. The van der Waals surface area contributed by atoms with E-state index >= 15 is 0 Å². The number of halogens is 3. The number of hydrogen-bond donors (Lipinski definition) is 1. The van der Waals surface area contributed by atoms with Crippen molar-refractivity contribution in [3.63, 3.8) is 0 Å². The third kappa shape index (κ3) is 9.97. The lowest BCUT2D eigenvalue weighted by Gasteiger charge is -2.16. The largest absolute Gasteiger partial charge is 0.493 e. The van der Waals surface area contributed by atoms with E-state index in [1.54, 1.807) is 12.3 Å². The number of fused-ring (bicyclic) bond motifs is 1. The van der Waals surface area contributed by atoms with Gasteiger partial charge in [-0.15, -0.1) is 0 Å². The minimum absolute atomic E-state index is 0.172. The summed E-state index contributed by atoms with van der Waals surface area (Å²) in [4.78, 5) is 13.5. The van der Waals surface area contributed by atoms with Crippen LogP contribution in [0.3, 0.4) is 0 Å². The predicted octanol–water partition coefficient (Wildman–Crippen LogP) is 9.57. The van der Waals surface area contributed by atoms with Crippen molar-refractivity contribution >= 4 is 21.8 Å². The standard InChI is InChI=1S/C40H43F3N4O3S/c1-4-6-7-8-9-10-11-14-23-50-37-22-19-30(40(41,42)43)25-34(37)38-33(35(5-2)45-27-46-38)20-17-28-24-36(47-51(3,48)49)39(44-26-28)32-21-18-29-15-12-13-16-31(29)32/h12-13,15-16,18-19,21-22,24-27,32,47H,4-11,14,23H2,1-3H3. The van der Waals surface area contributed by atoms with E-state index in [-0.39, 0.29) is 28.6 Å². The molecule has 0 radical (unpaired) electrons. The van der Waals surface area contributed by atoms with Crippen LogP contribution in [0.1, 0.15) is 110 Å². The zero-order valence-corrected chi connectivity index (χ0v) is 30.0. The van der Waals surface area contributed by atoms with Gasteiger partial charge in [0.25, 0.3) is 0 Å². The van der Waals surface area contributed by atoms with Gasteiger partial charge in [-0.2, -0.15) is 13.2 Å². The van der Waals surface area contributed by atoms with E-state index in [9.17, 15) is 21.6 Å². The van der Waals surface area contributed by atoms with Gasteiger partial charge in [0.1, 0.15) is 12.1 Å². The molecule has 1 aliphatic rings. The highest BCUT2D eigenvalue weighted by Crippen LogP contribution is 2.39. The van der Waals surface area contributed by atoms with Crippen LogP contribution >= 0.6 is 0 Å². The lowest BCUT2D eigenvalue weighted by molar-refractivity contribution is -0.137. The molecule has 1 unspecified atom stereocenters. The molecule has 1 atom stereocenters. The van der Waals surface area contributed by atoms with Gasteiger partial charge < -0.3 is 4.74 Å². The highest BCUT2D eigenvalue weighted by atomic mass is 32.2. The van der Waals surface area contributed by atoms with Gasteiger partial charge in [-0.3, -0.25) is 9.71 Å². The molecule has 1 aliphatic carbocycles. The van der Waals surface area contributed by atoms with Crippen LogP contribution in [0.4, 0.5) is 18.9 Å². The van der Waals surface area contributed by atoms with Crippen molar-refractivity contribution in [1.82, 2.24) is 15.0 Å². The third-order valence-electron chi connectivity index (χ3n) is 8.72. The van der Waals surface area contributed by atoms with E-state index in [0.29, 0.717) is 35.5 Å². The SMILES string of the molecule is CCCCCCCCCCOc1ccc(C(F)(F)F)cc1-c1ncnc(CC)c1C#Cc1cnc(C2C=Cc3ccccc32)c(NS(C)(=O)=O)c1. The summed E-state index contributed by atoms with van der Waals surface area (Å²) in [7, 11) is -3.67. The lowest BCUT2D eigenvalue weighted by Crippen LogP contribution is -2.14. The number of aromatic nitrogens is 3. The second-order valence-corrected chi connectivity index (χ2v) is 14.4. The molecular formula is C40H43F3N4O3S. The summed E-state index contributed by atoms with van der Waals surface area (Å²) in [6.07, 6.45) is 12.6. The van der Waals surface area contributed by atoms with Crippen LogP contribution in [0.5, 0.6) is 5.75 Å². The first-order valence-electron chi connectivity index (χ1n) is 17.4. The average Bonchev–Trinajstić information content (AvgIpc) is 3.53. The maximum atomic E-state index is 14.0. The Morgan fingerprint density at radius 2 is 1.65 bits per heavy atom. The van der Waals surface area contributed by atoms with E-state index in [2.05, 4.69) is 38.4 Å². The molecule has 2 aromatic carbocycles. The molecule has 0 spiro atoms. The van der Waals surface area contributed by atoms with E-state index in [1.807, 2.05) is 43.3 Å². The Morgan fingerprint density at radius 3 is 2.37 bits per heavy atom. The van der Waals surface area contributed by atoms with E-state index < -0.39 is 21.8 Å². The number of allylic oxidation sites excluding steroid dienone is 1. The fourth-order valence-electron chi connectivity index (χ4n) is 6.16. The second-order valence-electron chi connectivity index (χ2n) is 12.7. The van der Waals surface area contributed by atoms with Gasteiger partial charge >= 0.3 is 6.18 Å². The number of benzene rings is 2. The van der Waals surface area contributed by atoms with Gasteiger partial charge in [-0.05, 0) is 48.2 Å². The zero-order chi connectivity index (χ0) is 36.4. The molecule has 0 bridgehead atoms. The first-order chi connectivity index (χ1) is 24.5. The Hall–Kier alpha value is -4.69. The number of nitrogens with zero attached hydrogens (tertiary/aromatic N) is 3. The Kier molecular flexibility index (Phi) is 12.5. The number of ether oxygens (including phenoxy) is 1. The van der Waals surface area contributed by atoms with Crippen LogP contribution in [-0.2, 0) is 22.6 Å². The smallest absolute Gasteiger partial charge is 0.416 e. The van der Waals surface area contributed by atoms with E-state index in [4.69, 9.17) is 4.74 Å². The van der Waals surface area contributed by atoms with Crippen LogP contribution in [0, 0.1) is 11.8 Å². The number of pyridine rings is 1. The van der Waals surface area contributed by atoms with Crippen LogP contribution in [0.15, 0.2) is 67.1 Å². The quantitative estimate of drug-likeness (QED) is 0.0973. The van der Waals surface area contributed by atoms with Gasteiger partial charge in [-0.25, -0.2) is 18.4 Å². The maximum Gasteiger partial charge on any atom is 0.416 e. The number of anilines is 1. The Morgan fingerprint density at radius 1 is 0.902 bits per heavy atom. The molecule has 11 heteroatoms. The predicted molar refractivity (Wildman–Crippen MR) is 196 cm³/mol. The molecule has 2 aromatic heterocycles. The molecule has 0 saturated heterocycles. The third-order valence-corrected chi connectivity index (χ3v) is 9.31. The summed E-state index contributed by atoms with van der Waals surface area (Å²) in [6.45, 7) is 4.42. The number of aryl methyl sites for hydroxylation is 1. The summed E-state index contributed by atoms with van der Waals surface area (Å²) in [5, 5.41) is 0. The highest BCUT2D eigenvalue weighted by molar-refractivity contribution is 7.92. The van der Waals surface area contributed by atoms with Gasteiger partial charge in [-0.1, -0.05) is 107 Å². The summed E-state index contributed by atoms with van der Waals surface area (Å²) < 4.78 is 75.3. The summed E-state index contributed by atoms with van der Waals surface area (Å²) in [5.41, 5.74) is 3.69. The van der Waals surface area contributed by atoms with E-state index in [1.165, 1.54) is 38.1 Å². The molecular weight excluding hydrogens is 674 g/mol. The summed E-state index contributed by atoms with van der Waals surface area (Å²) in [6, 6.07) is 12.8. The second kappa shape index (κ2) is 17.0. The molecule has 7 nitrogen and oxygen atoms in total. The van der Waals surface area contributed by atoms with Crippen LogP contribution in [0.2, 0.25) is 0 Å². The number of sulfonamides is 1. The monoisotopic (exact) mass is 716 g/mol. The Labute approximate surface area is 298 Å². The number of hydrogen-bond acceptors (Lipinski definition) is 6. The number of unbranched alkanes of at least 4 members (excludes halogenated alkanes) is 7. The van der Waals surface area contributed by atoms with Crippen molar-refractivity contribution in [2.45, 2.75) is 83.7 Å². The first kappa shape index (κ1) is 37.6. The summed E-state index contributed by atoms with van der Waals surface area (Å²) >= 11 is 0. The van der Waals surface area contributed by atoms with Gasteiger partial charge in [0.15, 0.2) is 0 Å². The fourth-order valence-corrected chi connectivity index (χ4v) is 6.72. The number of nitrogens with one attached hydrogen (secondary N) is 1. The first-order valence-corrected chi connectivity index (χ1v) is 19.3. The van der Waals surface area contributed by atoms with Crippen molar-refractivity contribution in [3.8, 4) is 28.8 Å². The zero-order valence-electron chi connectivity index (χ0n) is 29.2. The molecule has 0 aliphatic heterocycles. The Balaban J connectivity index is 1.48. The van der Waals surface area contributed by atoms with E-state index in [0.717, 1.165) is 55.2 Å². The van der Waals surface area contributed by atoms with Crippen LogP contribution in [0.25, 0.3) is 17.3 Å². The lowest BCUT2D eigenvalue weighted by atomic mass is 9.95. The molecule has 0 amide bonds. The topological polar surface area (TPSA) is 94.1 Å². The van der Waals surface area contributed by atoms with Crippen molar-refractivity contribution in [3.05, 3.63) is 106 Å². The minimum atomic E-state index is -4.58. The average molecular weight is 717 g/mol. The van der Waals surface area contributed by atoms with Crippen molar-refractivity contribution in [2.75, 3.05) is 17.6 Å². The fraction of sp³-hybridized carbons (Fsp3) is 0.375. The van der Waals surface area contributed by atoms with Crippen LogP contribution in [-0.4, -0.2) is 36.2 Å². The van der Waals surface area contributed by atoms with Gasteiger partial charge in [0.05, 0.1) is 46.8 Å². The van der Waals surface area contributed by atoms with Crippen molar-refractivity contribution in [1.29, 1.82) is 0 Å². The maximum absolute atomic E-state index is 14.0. The minimum Gasteiger partial charge on any atom is -0.493 e. The molecule has 2 heterocycles. The van der Waals surface area contributed by atoms with Crippen molar-refractivity contribution < 1.29 is 26.3 Å². The molecule has 4 aromatic rings. The molecule has 268 valence electrons. The van der Waals surface area contributed by atoms with Gasteiger partial charge in [0.2, 0.25) is 10.0 Å². The number of alkyl halides is 3. The molecule has 51 heavy (non-hydrogen) atoms. The van der Waals surface area contributed by atoms with Gasteiger partial charge in [0, 0.05) is 23.2 Å². The van der Waals surface area contributed by atoms with Crippen LogP contribution < -0.4 is 9.46 Å². The normalized spacial score (nSPS) is 13.8.